The van der Waals surface area contributed by atoms with Gasteiger partial charge in [-0.15, -0.1) is 0 Å². The third-order valence-electron chi connectivity index (χ3n) is 6.27. The molecule has 3 aromatic carbocycles. The molecule has 2 heterocycles. The maximum Gasteiger partial charge on any atom is 0.255 e. The third-order valence-corrected chi connectivity index (χ3v) is 6.27. The van der Waals surface area contributed by atoms with Crippen LogP contribution in [0, 0.1) is 0 Å². The van der Waals surface area contributed by atoms with Crippen molar-refractivity contribution in [2.75, 3.05) is 55.3 Å². The first kappa shape index (κ1) is 22.9. The highest BCUT2D eigenvalue weighted by atomic mass is 16.5. The minimum atomic E-state index is -0.254. The van der Waals surface area contributed by atoms with E-state index in [1.807, 2.05) is 48.5 Å². The van der Waals surface area contributed by atoms with Crippen LogP contribution in [-0.2, 0) is 11.3 Å². The maximum absolute atomic E-state index is 12.9. The van der Waals surface area contributed by atoms with Crippen LogP contribution in [0.3, 0.4) is 0 Å². The molecule has 0 bridgehead atoms. The molecule has 4 N–H and O–H groups in total. The van der Waals surface area contributed by atoms with Crippen LogP contribution in [0.1, 0.15) is 26.3 Å². The zero-order chi connectivity index (χ0) is 24.0. The fourth-order valence-electron chi connectivity index (χ4n) is 4.36. The number of anilines is 4. The summed E-state index contributed by atoms with van der Waals surface area (Å²) in [5.41, 5.74) is 5.12. The van der Waals surface area contributed by atoms with E-state index in [0.29, 0.717) is 23.4 Å². The first-order valence-electron chi connectivity index (χ1n) is 11.9. The Morgan fingerprint density at radius 3 is 2.43 bits per heavy atom. The van der Waals surface area contributed by atoms with Crippen molar-refractivity contribution >= 4 is 34.6 Å². The van der Waals surface area contributed by atoms with Crippen LogP contribution in [0.15, 0.2) is 66.7 Å². The molecule has 2 aliphatic rings. The number of carbonyl (C=O) groups excluding carboxylic acids is 2. The number of benzene rings is 3. The molecule has 0 spiro atoms. The average molecular weight is 472 g/mol. The van der Waals surface area contributed by atoms with E-state index in [-0.39, 0.29) is 11.8 Å². The Bertz CT molecular complexity index is 1190. The number of nitrogens with zero attached hydrogens (tertiary/aromatic N) is 1. The van der Waals surface area contributed by atoms with Gasteiger partial charge < -0.3 is 26.0 Å². The monoisotopic (exact) mass is 471 g/mol. The second kappa shape index (κ2) is 10.6. The number of ether oxygens (including phenoxy) is 1. The third kappa shape index (κ3) is 5.45. The van der Waals surface area contributed by atoms with Crippen LogP contribution in [0.25, 0.3) is 0 Å². The number of hydrogen-bond donors (Lipinski definition) is 4. The molecule has 0 saturated carbocycles. The van der Waals surface area contributed by atoms with Crippen molar-refractivity contribution in [3.05, 3.63) is 83.4 Å². The minimum absolute atomic E-state index is 0.188. The van der Waals surface area contributed by atoms with E-state index in [1.54, 1.807) is 18.2 Å². The van der Waals surface area contributed by atoms with Gasteiger partial charge in [0.25, 0.3) is 11.8 Å². The van der Waals surface area contributed by atoms with Gasteiger partial charge in [-0.1, -0.05) is 18.2 Å². The largest absolute Gasteiger partial charge is 0.384 e. The number of rotatable bonds is 8. The average Bonchev–Trinajstić information content (AvgIpc) is 3.29. The van der Waals surface area contributed by atoms with E-state index < -0.39 is 0 Å². The lowest BCUT2D eigenvalue weighted by Gasteiger charge is -2.26. The number of morpholine rings is 1. The zero-order valence-electron chi connectivity index (χ0n) is 19.5. The molecule has 35 heavy (non-hydrogen) atoms. The lowest BCUT2D eigenvalue weighted by Crippen LogP contribution is -2.39. The van der Waals surface area contributed by atoms with Crippen LogP contribution >= 0.6 is 0 Å². The maximum atomic E-state index is 12.9. The Morgan fingerprint density at radius 1 is 0.914 bits per heavy atom. The molecule has 8 heteroatoms. The van der Waals surface area contributed by atoms with Gasteiger partial charge in [0, 0.05) is 60.9 Å². The number of fused-ring (bicyclic) bond motifs is 1. The van der Waals surface area contributed by atoms with E-state index in [9.17, 15) is 9.59 Å². The van der Waals surface area contributed by atoms with Crippen molar-refractivity contribution in [1.82, 2.24) is 10.2 Å². The molecule has 2 aliphatic heterocycles. The molecule has 0 radical (unpaired) electrons. The summed E-state index contributed by atoms with van der Waals surface area (Å²) in [5, 5.41) is 12.5. The highest BCUT2D eigenvalue weighted by molar-refractivity contribution is 6.11. The summed E-state index contributed by atoms with van der Waals surface area (Å²) in [6.07, 6.45) is 0. The molecule has 180 valence electrons. The van der Waals surface area contributed by atoms with Gasteiger partial charge in [0.15, 0.2) is 0 Å². The first-order chi connectivity index (χ1) is 17.2. The first-order valence-corrected chi connectivity index (χ1v) is 11.9. The van der Waals surface area contributed by atoms with Crippen molar-refractivity contribution in [3.63, 3.8) is 0 Å². The van der Waals surface area contributed by atoms with E-state index in [0.717, 1.165) is 62.0 Å². The van der Waals surface area contributed by atoms with Gasteiger partial charge in [-0.3, -0.25) is 14.5 Å². The Morgan fingerprint density at radius 2 is 1.66 bits per heavy atom. The van der Waals surface area contributed by atoms with E-state index >= 15 is 0 Å². The number of amides is 2. The second-order valence-corrected chi connectivity index (χ2v) is 8.60. The predicted octanol–water partition coefficient (Wildman–Crippen LogP) is 3.67. The molecule has 0 aromatic heterocycles. The minimum Gasteiger partial charge on any atom is -0.384 e. The summed E-state index contributed by atoms with van der Waals surface area (Å²) in [7, 11) is 0. The summed E-state index contributed by atoms with van der Waals surface area (Å²) in [4.78, 5) is 27.9. The van der Waals surface area contributed by atoms with Crippen molar-refractivity contribution in [1.29, 1.82) is 0 Å². The van der Waals surface area contributed by atoms with Gasteiger partial charge >= 0.3 is 0 Å². The Balaban J connectivity index is 1.23. The molecular formula is C27H29N5O3. The van der Waals surface area contributed by atoms with Gasteiger partial charge in [-0.2, -0.15) is 0 Å². The van der Waals surface area contributed by atoms with Crippen LogP contribution in [0.5, 0.6) is 0 Å². The van der Waals surface area contributed by atoms with Gasteiger partial charge in [0.05, 0.1) is 24.5 Å². The van der Waals surface area contributed by atoms with Gasteiger partial charge in [0.1, 0.15) is 0 Å². The summed E-state index contributed by atoms with van der Waals surface area (Å²) in [5.74, 6) is -0.442. The highest BCUT2D eigenvalue weighted by Gasteiger charge is 2.26. The zero-order valence-corrected chi connectivity index (χ0v) is 19.5. The smallest absolute Gasteiger partial charge is 0.255 e. The van der Waals surface area contributed by atoms with E-state index in [4.69, 9.17) is 4.74 Å². The molecular weight excluding hydrogens is 442 g/mol. The molecule has 1 saturated heterocycles. The van der Waals surface area contributed by atoms with Crippen LogP contribution in [-0.4, -0.2) is 56.1 Å². The fraction of sp³-hybridized carbons (Fsp3) is 0.259. The molecule has 1 fully saturated rings. The molecule has 0 aliphatic carbocycles. The topological polar surface area (TPSA) is 94.7 Å². The number of para-hydroxylation sites is 1. The normalized spacial score (nSPS) is 15.3. The summed E-state index contributed by atoms with van der Waals surface area (Å²) < 4.78 is 5.38. The quantitative estimate of drug-likeness (QED) is 0.401. The van der Waals surface area contributed by atoms with Crippen LogP contribution in [0.2, 0.25) is 0 Å². The van der Waals surface area contributed by atoms with Crippen molar-refractivity contribution < 1.29 is 14.3 Å². The number of hydrogen-bond acceptors (Lipinski definition) is 6. The van der Waals surface area contributed by atoms with E-state index in [1.165, 1.54) is 0 Å². The number of carbonyl (C=O) groups is 2. The molecule has 3 aromatic rings. The summed E-state index contributed by atoms with van der Waals surface area (Å²) >= 11 is 0. The van der Waals surface area contributed by atoms with Crippen LogP contribution < -0.4 is 21.3 Å². The Labute approximate surface area is 204 Å². The van der Waals surface area contributed by atoms with Gasteiger partial charge in [-0.05, 0) is 48.5 Å². The summed E-state index contributed by atoms with van der Waals surface area (Å²) in [6.45, 7) is 5.71. The Hall–Kier alpha value is -3.88. The van der Waals surface area contributed by atoms with Crippen molar-refractivity contribution in [2.24, 2.45) is 0 Å². The highest BCUT2D eigenvalue weighted by Crippen LogP contribution is 2.33. The van der Waals surface area contributed by atoms with Crippen molar-refractivity contribution in [3.8, 4) is 0 Å². The lowest BCUT2D eigenvalue weighted by atomic mass is 10.0. The standard InChI is InChI=1S/C27H29N5O3/c33-26(19-6-8-20(9-7-19)28-12-13-32-14-16-35-17-15-32)31-24-11-10-23(22-18-29-27(34)25(22)24)30-21-4-2-1-3-5-21/h1-11,28,30H,12-18H2,(H,29,34)(H,31,33). The van der Waals surface area contributed by atoms with Crippen LogP contribution in [0.4, 0.5) is 22.7 Å². The molecule has 0 atom stereocenters. The van der Waals surface area contributed by atoms with E-state index in [2.05, 4.69) is 26.2 Å². The molecule has 5 rings (SSSR count). The number of nitrogens with one attached hydrogen (secondary N) is 4. The van der Waals surface area contributed by atoms with Gasteiger partial charge in [-0.25, -0.2) is 0 Å². The molecule has 0 unspecified atom stereocenters. The SMILES string of the molecule is O=C(Nc1ccc(Nc2ccccc2)c2c1C(=O)NC2)c1ccc(NCCN2CCOCC2)cc1. The van der Waals surface area contributed by atoms with Crippen molar-refractivity contribution in [2.45, 2.75) is 6.54 Å². The predicted molar refractivity (Wildman–Crippen MR) is 137 cm³/mol. The fourth-order valence-corrected chi connectivity index (χ4v) is 4.36. The summed E-state index contributed by atoms with van der Waals surface area (Å²) in [6, 6.07) is 20.8. The lowest BCUT2D eigenvalue weighted by molar-refractivity contribution is 0.0398. The molecule has 8 nitrogen and oxygen atoms in total. The Kier molecular flexibility index (Phi) is 6.92. The molecule has 2 amide bonds. The van der Waals surface area contributed by atoms with Gasteiger partial charge in [0.2, 0.25) is 0 Å². The second-order valence-electron chi connectivity index (χ2n) is 8.60.